The van der Waals surface area contributed by atoms with Crippen molar-refractivity contribution < 1.29 is 9.53 Å². The van der Waals surface area contributed by atoms with Crippen molar-refractivity contribution in [1.82, 2.24) is 9.55 Å². The van der Waals surface area contributed by atoms with Crippen LogP contribution in [-0.4, -0.2) is 28.0 Å². The first kappa shape index (κ1) is 20.0. The normalized spacial score (nSPS) is 11.2. The van der Waals surface area contributed by atoms with Gasteiger partial charge in [0.05, 0.1) is 24.6 Å². The summed E-state index contributed by atoms with van der Waals surface area (Å²) in [5.74, 6) is 0.203. The monoisotopic (exact) mass is 367 g/mol. The molecule has 1 aromatic carbocycles. The van der Waals surface area contributed by atoms with E-state index in [0.29, 0.717) is 18.1 Å². The highest BCUT2D eigenvalue weighted by molar-refractivity contribution is 6.17. The second kappa shape index (κ2) is 9.96. The number of ether oxygens (including phenoxy) is 1. The van der Waals surface area contributed by atoms with Gasteiger partial charge in [-0.05, 0) is 37.5 Å². The first-order valence-electron chi connectivity index (χ1n) is 7.44. The molecule has 0 aliphatic rings. The van der Waals surface area contributed by atoms with Crippen molar-refractivity contribution >= 4 is 30.0 Å². The molecule has 1 aromatic heterocycles. The third kappa shape index (κ3) is 4.73. The minimum atomic E-state index is -0.615. The fourth-order valence-electron chi connectivity index (χ4n) is 2.38. The van der Waals surface area contributed by atoms with Crippen LogP contribution in [-0.2, 0) is 16.0 Å². The van der Waals surface area contributed by atoms with Crippen LogP contribution in [0.3, 0.4) is 0 Å². The van der Waals surface area contributed by atoms with Crippen molar-refractivity contribution in [3.05, 3.63) is 53.6 Å². The molecule has 0 bridgehead atoms. The Kier molecular flexibility index (Phi) is 8.31. The average Bonchev–Trinajstić information content (AvgIpc) is 3.02. The van der Waals surface area contributed by atoms with Crippen molar-refractivity contribution in [1.29, 1.82) is 5.26 Å². The lowest BCUT2D eigenvalue weighted by Gasteiger charge is -2.20. The molecule has 1 atom stereocenters. The number of rotatable bonds is 7. The minimum absolute atomic E-state index is 0. The van der Waals surface area contributed by atoms with E-state index in [1.807, 2.05) is 4.57 Å². The summed E-state index contributed by atoms with van der Waals surface area (Å²) in [6, 6.07) is 8.38. The number of carbonyl (C=O) groups excluding carboxylic acids is 1. The Morgan fingerprint density at radius 3 is 2.71 bits per heavy atom. The number of nitriles is 1. The molecule has 2 rings (SSSR count). The number of esters is 1. The van der Waals surface area contributed by atoms with E-state index in [0.717, 1.165) is 24.1 Å². The number of benzene rings is 1. The lowest BCUT2D eigenvalue weighted by atomic mass is 10.0. The van der Waals surface area contributed by atoms with Gasteiger partial charge in [0.1, 0.15) is 0 Å². The van der Waals surface area contributed by atoms with E-state index in [1.165, 1.54) is 0 Å². The van der Waals surface area contributed by atoms with Gasteiger partial charge < -0.3 is 9.30 Å². The van der Waals surface area contributed by atoms with Gasteiger partial charge in [0.15, 0.2) is 6.04 Å². The van der Waals surface area contributed by atoms with E-state index < -0.39 is 6.04 Å². The van der Waals surface area contributed by atoms with Gasteiger partial charge in [-0.15, -0.1) is 24.0 Å². The third-order valence-electron chi connectivity index (χ3n) is 3.46. The number of aromatic nitrogens is 2. The number of hydrogen-bond donors (Lipinski definition) is 0. The smallest absolute Gasteiger partial charge is 0.333 e. The quantitative estimate of drug-likeness (QED) is 0.554. The fourth-order valence-corrected chi connectivity index (χ4v) is 2.51. The molecule has 0 radical (unpaired) electrons. The van der Waals surface area contributed by atoms with Gasteiger partial charge in [-0.25, -0.2) is 9.78 Å². The highest BCUT2D eigenvalue weighted by atomic mass is 35.5. The third-order valence-corrected chi connectivity index (χ3v) is 3.72. The lowest BCUT2D eigenvalue weighted by Crippen LogP contribution is -2.24. The zero-order valence-electron chi connectivity index (χ0n) is 13.3. The molecule has 0 saturated heterocycles. The van der Waals surface area contributed by atoms with Crippen molar-refractivity contribution in [2.45, 2.75) is 25.8 Å². The van der Waals surface area contributed by atoms with E-state index in [4.69, 9.17) is 21.6 Å². The van der Waals surface area contributed by atoms with Crippen LogP contribution in [0.4, 0.5) is 0 Å². The number of aryl methyl sites for hydroxylation is 1. The Morgan fingerprint density at radius 1 is 1.42 bits per heavy atom. The first-order valence-corrected chi connectivity index (χ1v) is 7.98. The minimum Gasteiger partial charge on any atom is -0.464 e. The first-order chi connectivity index (χ1) is 11.2. The van der Waals surface area contributed by atoms with Gasteiger partial charge >= 0.3 is 5.97 Å². The molecule has 7 heteroatoms. The lowest BCUT2D eigenvalue weighted by molar-refractivity contribution is -0.145. The number of alkyl halides is 1. The Hall–Kier alpha value is -2.03. The summed E-state index contributed by atoms with van der Waals surface area (Å²) >= 11 is 5.76. The summed E-state index contributed by atoms with van der Waals surface area (Å²) < 4.78 is 7.03. The zero-order valence-corrected chi connectivity index (χ0v) is 14.9. The van der Waals surface area contributed by atoms with Crippen LogP contribution in [0.2, 0.25) is 0 Å². The molecule has 0 fully saturated rings. The molecule has 0 amide bonds. The summed E-state index contributed by atoms with van der Waals surface area (Å²) in [4.78, 5) is 16.6. The SMILES string of the molecule is CCOC(=O)C(c1ccc(C#N)cc1)n1cncc1CCCCl.Cl. The predicted octanol–water partition coefficient (Wildman–Crippen LogP) is 3.50. The average molecular weight is 368 g/mol. The molecule has 0 saturated carbocycles. The van der Waals surface area contributed by atoms with Gasteiger partial charge in [-0.2, -0.15) is 5.26 Å². The fraction of sp³-hybridized carbons (Fsp3) is 0.353. The van der Waals surface area contributed by atoms with Crippen molar-refractivity contribution in [3.8, 4) is 6.07 Å². The van der Waals surface area contributed by atoms with Crippen molar-refractivity contribution in [2.75, 3.05) is 12.5 Å². The number of imidazole rings is 1. The maximum absolute atomic E-state index is 12.5. The summed E-state index contributed by atoms with van der Waals surface area (Å²) in [7, 11) is 0. The maximum Gasteiger partial charge on any atom is 0.333 e. The van der Waals surface area contributed by atoms with Gasteiger partial charge in [-0.1, -0.05) is 12.1 Å². The second-order valence-electron chi connectivity index (χ2n) is 4.97. The number of halogens is 2. The van der Waals surface area contributed by atoms with Crippen molar-refractivity contribution in [3.63, 3.8) is 0 Å². The predicted molar refractivity (Wildman–Crippen MR) is 94.4 cm³/mol. The summed E-state index contributed by atoms with van der Waals surface area (Å²) in [6.45, 7) is 2.08. The zero-order chi connectivity index (χ0) is 16.7. The standard InChI is InChI=1S/C17H18ClN3O2.ClH/c1-2-23-17(22)16(14-7-5-13(10-19)6-8-14)21-12-20-11-15(21)4-3-9-18;/h5-8,11-12,16H,2-4,9H2,1H3;1H. The number of hydrogen-bond acceptors (Lipinski definition) is 4. The summed E-state index contributed by atoms with van der Waals surface area (Å²) in [6.07, 6.45) is 4.90. The highest BCUT2D eigenvalue weighted by Gasteiger charge is 2.25. The molecular weight excluding hydrogens is 349 g/mol. The van der Waals surface area contributed by atoms with Crippen LogP contribution >= 0.6 is 24.0 Å². The van der Waals surface area contributed by atoms with E-state index in [9.17, 15) is 4.79 Å². The topological polar surface area (TPSA) is 67.9 Å². The van der Waals surface area contributed by atoms with Gasteiger partial charge in [0.2, 0.25) is 0 Å². The molecule has 0 aliphatic heterocycles. The maximum atomic E-state index is 12.5. The second-order valence-corrected chi connectivity index (χ2v) is 5.35. The Balaban J connectivity index is 0.00000288. The number of carbonyl (C=O) groups is 1. The molecule has 0 aliphatic carbocycles. The van der Waals surface area contributed by atoms with Crippen LogP contribution in [0.15, 0.2) is 36.8 Å². The van der Waals surface area contributed by atoms with E-state index >= 15 is 0 Å². The molecular formula is C17H19Cl2N3O2. The van der Waals surface area contributed by atoms with Crippen LogP contribution in [0.5, 0.6) is 0 Å². The highest BCUT2D eigenvalue weighted by Crippen LogP contribution is 2.23. The summed E-state index contributed by atoms with van der Waals surface area (Å²) in [5.41, 5.74) is 2.23. The van der Waals surface area contributed by atoms with E-state index in [2.05, 4.69) is 11.1 Å². The Morgan fingerprint density at radius 2 is 2.12 bits per heavy atom. The van der Waals surface area contributed by atoms with Gasteiger partial charge in [-0.3, -0.25) is 0 Å². The Labute approximate surface area is 152 Å². The number of nitrogens with zero attached hydrogens (tertiary/aromatic N) is 3. The van der Waals surface area contributed by atoms with Crippen molar-refractivity contribution in [2.24, 2.45) is 0 Å². The van der Waals surface area contributed by atoms with Gasteiger partial charge in [0.25, 0.3) is 0 Å². The molecule has 24 heavy (non-hydrogen) atoms. The molecule has 1 heterocycles. The van der Waals surface area contributed by atoms with Crippen LogP contribution in [0.1, 0.15) is 36.2 Å². The van der Waals surface area contributed by atoms with E-state index in [-0.39, 0.29) is 18.4 Å². The molecule has 1 unspecified atom stereocenters. The van der Waals surface area contributed by atoms with Crippen LogP contribution < -0.4 is 0 Å². The summed E-state index contributed by atoms with van der Waals surface area (Å²) in [5, 5.41) is 8.92. The molecule has 0 spiro atoms. The molecule has 2 aromatic rings. The van der Waals surface area contributed by atoms with Gasteiger partial charge in [0, 0.05) is 17.8 Å². The van der Waals surface area contributed by atoms with Crippen LogP contribution in [0, 0.1) is 11.3 Å². The molecule has 0 N–H and O–H groups in total. The molecule has 128 valence electrons. The van der Waals surface area contributed by atoms with E-state index in [1.54, 1.807) is 43.7 Å². The molecule has 5 nitrogen and oxygen atoms in total. The van der Waals surface area contributed by atoms with Crippen LogP contribution in [0.25, 0.3) is 0 Å². The Bertz CT molecular complexity index is 693. The largest absolute Gasteiger partial charge is 0.464 e.